The van der Waals surface area contributed by atoms with E-state index in [9.17, 15) is 9.59 Å². The molecular formula is C18H12N2O2. The lowest BCUT2D eigenvalue weighted by Gasteiger charge is -2.18. The van der Waals surface area contributed by atoms with Gasteiger partial charge in [-0.3, -0.25) is 9.59 Å². The average molecular weight is 288 g/mol. The molecule has 0 aromatic heterocycles. The Kier molecular flexibility index (Phi) is 2.39. The maximum Gasteiger partial charge on any atom is 0.194 e. The summed E-state index contributed by atoms with van der Waals surface area (Å²) in [5.74, 6) is -0.329. The molecule has 1 aliphatic carbocycles. The Morgan fingerprint density at radius 1 is 0.545 bits per heavy atom. The fraction of sp³-hybridized carbons (Fsp3) is 0. The number of nitrogens with two attached hydrogens (primary N) is 2. The number of nitrogen functional groups attached to an aromatic ring is 2. The van der Waals surface area contributed by atoms with Gasteiger partial charge in [-0.15, -0.1) is 0 Å². The van der Waals surface area contributed by atoms with Gasteiger partial charge in [0.1, 0.15) is 0 Å². The Morgan fingerprint density at radius 2 is 1.09 bits per heavy atom. The van der Waals surface area contributed by atoms with Gasteiger partial charge in [0.05, 0.1) is 0 Å². The van der Waals surface area contributed by atoms with Crippen molar-refractivity contribution in [2.75, 3.05) is 11.5 Å². The van der Waals surface area contributed by atoms with Gasteiger partial charge in [-0.1, -0.05) is 6.07 Å². The first-order valence-corrected chi connectivity index (χ1v) is 6.87. The summed E-state index contributed by atoms with van der Waals surface area (Å²) < 4.78 is 0. The number of rotatable bonds is 0. The summed E-state index contributed by atoms with van der Waals surface area (Å²) in [6.07, 6.45) is 0. The molecule has 106 valence electrons. The zero-order valence-electron chi connectivity index (χ0n) is 11.6. The van der Waals surface area contributed by atoms with E-state index in [-0.39, 0.29) is 11.6 Å². The van der Waals surface area contributed by atoms with Crippen molar-refractivity contribution in [3.8, 4) is 0 Å². The molecule has 0 unspecified atom stereocenters. The number of benzene rings is 3. The summed E-state index contributed by atoms with van der Waals surface area (Å²) in [4.78, 5) is 25.4. The van der Waals surface area contributed by atoms with Crippen LogP contribution in [-0.4, -0.2) is 11.6 Å². The smallest absolute Gasteiger partial charge is 0.194 e. The molecular weight excluding hydrogens is 276 g/mol. The lowest BCUT2D eigenvalue weighted by atomic mass is 9.82. The molecule has 0 spiro atoms. The number of anilines is 2. The molecule has 0 atom stereocenters. The highest BCUT2D eigenvalue weighted by Gasteiger charge is 2.30. The number of ketones is 2. The Balaban J connectivity index is 2.04. The molecule has 0 amide bonds. The fourth-order valence-electron chi connectivity index (χ4n) is 2.93. The van der Waals surface area contributed by atoms with Crippen molar-refractivity contribution in [1.82, 2.24) is 0 Å². The highest BCUT2D eigenvalue weighted by atomic mass is 16.1. The molecule has 0 fully saturated rings. The van der Waals surface area contributed by atoms with Crippen LogP contribution in [0, 0.1) is 0 Å². The Morgan fingerprint density at radius 3 is 1.86 bits per heavy atom. The minimum atomic E-state index is -0.171. The van der Waals surface area contributed by atoms with Crippen LogP contribution in [-0.2, 0) is 0 Å². The second-order valence-corrected chi connectivity index (χ2v) is 5.47. The molecule has 3 aromatic rings. The number of hydrogen-bond donors (Lipinski definition) is 2. The average Bonchev–Trinajstić information content (AvgIpc) is 2.51. The molecule has 0 bridgehead atoms. The van der Waals surface area contributed by atoms with E-state index in [1.165, 1.54) is 0 Å². The first-order chi connectivity index (χ1) is 10.5. The van der Waals surface area contributed by atoms with E-state index in [0.717, 1.165) is 10.8 Å². The molecule has 4 rings (SSSR count). The molecule has 1 aliphatic rings. The number of fused-ring (bicyclic) bond motifs is 3. The van der Waals surface area contributed by atoms with Crippen molar-refractivity contribution in [2.45, 2.75) is 0 Å². The molecule has 4 N–H and O–H groups in total. The third-order valence-corrected chi connectivity index (χ3v) is 4.02. The van der Waals surface area contributed by atoms with Gasteiger partial charge in [0.25, 0.3) is 0 Å². The number of carbonyl (C=O) groups excluding carboxylic acids is 2. The van der Waals surface area contributed by atoms with E-state index in [2.05, 4.69) is 0 Å². The quantitative estimate of drug-likeness (QED) is 0.487. The van der Waals surface area contributed by atoms with E-state index in [1.807, 2.05) is 6.07 Å². The minimum Gasteiger partial charge on any atom is -0.399 e. The van der Waals surface area contributed by atoms with E-state index in [1.54, 1.807) is 42.5 Å². The zero-order chi connectivity index (χ0) is 15.4. The maximum absolute atomic E-state index is 12.7. The maximum atomic E-state index is 12.7. The fourth-order valence-corrected chi connectivity index (χ4v) is 2.93. The highest BCUT2D eigenvalue weighted by Crippen LogP contribution is 2.32. The van der Waals surface area contributed by atoms with Crippen molar-refractivity contribution in [3.05, 3.63) is 70.8 Å². The predicted molar refractivity (Wildman–Crippen MR) is 86.1 cm³/mol. The monoisotopic (exact) mass is 288 g/mol. The van der Waals surface area contributed by atoms with Gasteiger partial charge < -0.3 is 11.5 Å². The van der Waals surface area contributed by atoms with Gasteiger partial charge in [-0.05, 0) is 53.2 Å². The van der Waals surface area contributed by atoms with E-state index in [4.69, 9.17) is 11.5 Å². The van der Waals surface area contributed by atoms with Crippen LogP contribution in [0.15, 0.2) is 48.5 Å². The molecule has 0 radical (unpaired) electrons. The summed E-state index contributed by atoms with van der Waals surface area (Å²) in [5.41, 5.74) is 14.2. The van der Waals surface area contributed by atoms with Crippen LogP contribution in [0.4, 0.5) is 11.4 Å². The van der Waals surface area contributed by atoms with Gasteiger partial charge >= 0.3 is 0 Å². The molecule has 0 aliphatic heterocycles. The van der Waals surface area contributed by atoms with Gasteiger partial charge in [-0.25, -0.2) is 0 Å². The minimum absolute atomic E-state index is 0.158. The summed E-state index contributed by atoms with van der Waals surface area (Å²) in [6, 6.07) is 13.7. The first-order valence-electron chi connectivity index (χ1n) is 6.87. The van der Waals surface area contributed by atoms with Crippen molar-refractivity contribution in [3.63, 3.8) is 0 Å². The van der Waals surface area contributed by atoms with Crippen LogP contribution in [0.25, 0.3) is 10.8 Å². The summed E-state index contributed by atoms with van der Waals surface area (Å²) in [6.45, 7) is 0. The SMILES string of the molecule is Nc1ccc2c(c1)C(=O)c1cc3ccc(N)cc3cc1C2=O. The molecule has 22 heavy (non-hydrogen) atoms. The lowest BCUT2D eigenvalue weighted by Crippen LogP contribution is -2.21. The van der Waals surface area contributed by atoms with Crippen LogP contribution in [0.5, 0.6) is 0 Å². The Labute approximate surface area is 126 Å². The van der Waals surface area contributed by atoms with E-state index >= 15 is 0 Å². The Hall–Kier alpha value is -3.14. The molecule has 4 heteroatoms. The van der Waals surface area contributed by atoms with Gasteiger partial charge in [-0.2, -0.15) is 0 Å². The third-order valence-electron chi connectivity index (χ3n) is 4.02. The standard InChI is InChI=1S/C18H12N2O2/c19-11-2-1-9-6-14-15(7-10(9)5-11)17(21)13-4-3-12(20)8-16(13)18(14)22/h1-8H,19-20H2. The summed E-state index contributed by atoms with van der Waals surface area (Å²) in [7, 11) is 0. The van der Waals surface area contributed by atoms with Gasteiger partial charge in [0, 0.05) is 33.6 Å². The first kappa shape index (κ1) is 12.6. The van der Waals surface area contributed by atoms with Crippen LogP contribution < -0.4 is 11.5 Å². The predicted octanol–water partition coefficient (Wildman–Crippen LogP) is 2.78. The molecule has 3 aromatic carbocycles. The number of carbonyl (C=O) groups is 2. The highest BCUT2D eigenvalue weighted by molar-refractivity contribution is 6.29. The van der Waals surface area contributed by atoms with Crippen molar-refractivity contribution in [1.29, 1.82) is 0 Å². The van der Waals surface area contributed by atoms with Crippen molar-refractivity contribution in [2.24, 2.45) is 0 Å². The largest absolute Gasteiger partial charge is 0.399 e. The summed E-state index contributed by atoms with van der Waals surface area (Å²) >= 11 is 0. The topological polar surface area (TPSA) is 86.2 Å². The molecule has 0 saturated heterocycles. The van der Waals surface area contributed by atoms with E-state index in [0.29, 0.717) is 33.6 Å². The van der Waals surface area contributed by atoms with Gasteiger partial charge in [0.15, 0.2) is 11.6 Å². The molecule has 0 saturated carbocycles. The van der Waals surface area contributed by atoms with Crippen LogP contribution in [0.2, 0.25) is 0 Å². The Bertz CT molecular complexity index is 990. The van der Waals surface area contributed by atoms with Crippen molar-refractivity contribution >= 4 is 33.7 Å². The van der Waals surface area contributed by atoms with Crippen LogP contribution in [0.1, 0.15) is 31.8 Å². The lowest BCUT2D eigenvalue weighted by molar-refractivity contribution is 0.0979. The van der Waals surface area contributed by atoms with E-state index < -0.39 is 0 Å². The molecule has 0 heterocycles. The van der Waals surface area contributed by atoms with Crippen molar-refractivity contribution < 1.29 is 9.59 Å². The second-order valence-electron chi connectivity index (χ2n) is 5.47. The summed E-state index contributed by atoms with van der Waals surface area (Å²) in [5, 5.41) is 1.72. The zero-order valence-corrected chi connectivity index (χ0v) is 11.6. The number of hydrogen-bond acceptors (Lipinski definition) is 4. The van der Waals surface area contributed by atoms with Gasteiger partial charge in [0.2, 0.25) is 0 Å². The van der Waals surface area contributed by atoms with Crippen LogP contribution in [0.3, 0.4) is 0 Å². The third kappa shape index (κ3) is 1.64. The second kappa shape index (κ2) is 4.18. The molecule has 4 nitrogen and oxygen atoms in total. The van der Waals surface area contributed by atoms with Crippen LogP contribution >= 0.6 is 0 Å². The normalized spacial score (nSPS) is 13.1.